The number of amides is 1. The third kappa shape index (κ3) is 5.57. The summed E-state index contributed by atoms with van der Waals surface area (Å²) in [5.41, 5.74) is 2.41. The van der Waals surface area contributed by atoms with E-state index in [1.807, 2.05) is 0 Å². The molecule has 2 heterocycles. The van der Waals surface area contributed by atoms with Crippen molar-refractivity contribution in [3.8, 4) is 16.9 Å². The van der Waals surface area contributed by atoms with Crippen LogP contribution in [0.3, 0.4) is 0 Å². The Labute approximate surface area is 219 Å². The van der Waals surface area contributed by atoms with Gasteiger partial charge >= 0.3 is 0 Å². The molecule has 2 aromatic carbocycles. The minimum atomic E-state index is -3.93. The fourth-order valence-corrected chi connectivity index (χ4v) is 5.02. The number of hydrogen-bond donors (Lipinski definition) is 1. The zero-order chi connectivity index (χ0) is 27.5. The summed E-state index contributed by atoms with van der Waals surface area (Å²) in [6.45, 7) is 1.60. The number of hydroxylamine groups is 1. The SMILES string of the molecule is COc1ccc(-c2ccc3c(=O)n(CC[C@](C)(C(=O)NOC4CCCCO4)S(C)(=O)=O)cnc3c2F)cc1. The van der Waals surface area contributed by atoms with Crippen molar-refractivity contribution >= 4 is 26.6 Å². The van der Waals surface area contributed by atoms with E-state index in [9.17, 15) is 18.0 Å². The lowest BCUT2D eigenvalue weighted by molar-refractivity contribution is -0.201. The summed E-state index contributed by atoms with van der Waals surface area (Å²) in [5, 5.41) is 0.0329. The van der Waals surface area contributed by atoms with E-state index in [1.165, 1.54) is 26.2 Å². The third-order valence-electron chi connectivity index (χ3n) is 6.88. The number of hydrogen-bond acceptors (Lipinski definition) is 8. The zero-order valence-electron chi connectivity index (χ0n) is 21.4. The predicted octanol–water partition coefficient (Wildman–Crippen LogP) is 2.98. The van der Waals surface area contributed by atoms with Crippen LogP contribution in [-0.4, -0.2) is 54.9 Å². The van der Waals surface area contributed by atoms with Gasteiger partial charge in [-0.15, -0.1) is 0 Å². The molecule has 10 nitrogen and oxygen atoms in total. The maximum Gasteiger partial charge on any atom is 0.264 e. The molecule has 0 spiro atoms. The number of fused-ring (bicyclic) bond motifs is 1. The molecule has 1 aromatic heterocycles. The van der Waals surface area contributed by atoms with Crippen LogP contribution < -0.4 is 15.8 Å². The number of nitrogens with one attached hydrogen (secondary N) is 1. The number of carbonyl (C=O) groups excluding carboxylic acids is 1. The largest absolute Gasteiger partial charge is 0.497 e. The maximum atomic E-state index is 15.3. The molecule has 38 heavy (non-hydrogen) atoms. The number of rotatable bonds is 9. The predicted molar refractivity (Wildman–Crippen MR) is 139 cm³/mol. The van der Waals surface area contributed by atoms with Crippen LogP contribution in [0, 0.1) is 5.82 Å². The van der Waals surface area contributed by atoms with Gasteiger partial charge in [-0.3, -0.25) is 14.2 Å². The molecule has 3 aromatic rings. The highest BCUT2D eigenvalue weighted by Crippen LogP contribution is 2.28. The van der Waals surface area contributed by atoms with E-state index in [0.717, 1.165) is 30.0 Å². The normalized spacial score (nSPS) is 17.6. The molecule has 1 N–H and O–H groups in total. The van der Waals surface area contributed by atoms with Crippen LogP contribution in [0.4, 0.5) is 4.39 Å². The van der Waals surface area contributed by atoms with Crippen molar-refractivity contribution in [1.29, 1.82) is 0 Å². The van der Waals surface area contributed by atoms with Crippen molar-refractivity contribution in [3.05, 3.63) is 58.9 Å². The monoisotopic (exact) mass is 547 g/mol. The molecule has 0 saturated carbocycles. The lowest BCUT2D eigenvalue weighted by Crippen LogP contribution is -2.51. The molecule has 1 unspecified atom stereocenters. The summed E-state index contributed by atoms with van der Waals surface area (Å²) in [6.07, 6.45) is 3.53. The highest BCUT2D eigenvalue weighted by Gasteiger charge is 2.44. The quantitative estimate of drug-likeness (QED) is 0.406. The highest BCUT2D eigenvalue weighted by molar-refractivity contribution is 7.92. The van der Waals surface area contributed by atoms with Gasteiger partial charge in [-0.1, -0.05) is 18.2 Å². The molecule has 1 amide bonds. The highest BCUT2D eigenvalue weighted by atomic mass is 32.2. The van der Waals surface area contributed by atoms with Crippen LogP contribution in [0.5, 0.6) is 5.75 Å². The fourth-order valence-electron chi connectivity index (χ4n) is 4.18. The molecule has 204 valence electrons. The average Bonchev–Trinajstić information content (AvgIpc) is 2.91. The molecule has 1 saturated heterocycles. The molecule has 0 radical (unpaired) electrons. The van der Waals surface area contributed by atoms with Crippen LogP contribution in [0.15, 0.2) is 47.5 Å². The Bertz CT molecular complexity index is 1490. The van der Waals surface area contributed by atoms with Gasteiger partial charge in [-0.05, 0) is 49.9 Å². The smallest absolute Gasteiger partial charge is 0.264 e. The zero-order valence-corrected chi connectivity index (χ0v) is 22.2. The second-order valence-electron chi connectivity index (χ2n) is 9.39. The molecule has 1 fully saturated rings. The van der Waals surface area contributed by atoms with E-state index < -0.39 is 38.2 Å². The molecule has 4 rings (SSSR count). The molecular formula is C26H30FN3O7S. The minimum absolute atomic E-state index is 0.0329. The van der Waals surface area contributed by atoms with Crippen molar-refractivity contribution < 1.29 is 31.9 Å². The summed E-state index contributed by atoms with van der Waals surface area (Å²) < 4.78 is 50.3. The lowest BCUT2D eigenvalue weighted by atomic mass is 10.0. The number of aromatic nitrogens is 2. The Balaban J connectivity index is 1.56. The van der Waals surface area contributed by atoms with Crippen molar-refractivity contribution in [2.24, 2.45) is 0 Å². The van der Waals surface area contributed by atoms with Gasteiger partial charge in [0.25, 0.3) is 11.5 Å². The number of carbonyl (C=O) groups is 1. The first kappa shape index (κ1) is 27.7. The number of methoxy groups -OCH3 is 1. The average molecular weight is 548 g/mol. The first-order valence-corrected chi connectivity index (χ1v) is 14.0. The second kappa shape index (κ2) is 11.2. The number of ether oxygens (including phenoxy) is 2. The Morgan fingerprint density at radius 2 is 1.97 bits per heavy atom. The number of benzene rings is 2. The van der Waals surface area contributed by atoms with Crippen LogP contribution >= 0.6 is 0 Å². The summed E-state index contributed by atoms with van der Waals surface area (Å²) >= 11 is 0. The van der Waals surface area contributed by atoms with E-state index >= 15 is 4.39 Å². The number of halogens is 1. The van der Waals surface area contributed by atoms with Crippen molar-refractivity contribution in [2.45, 2.75) is 50.2 Å². The summed E-state index contributed by atoms with van der Waals surface area (Å²) in [4.78, 5) is 35.4. The molecule has 1 aliphatic heterocycles. The summed E-state index contributed by atoms with van der Waals surface area (Å²) in [5.74, 6) is -0.898. The van der Waals surface area contributed by atoms with Gasteiger partial charge in [0.05, 0.1) is 18.8 Å². The molecule has 0 bridgehead atoms. The van der Waals surface area contributed by atoms with E-state index in [1.54, 1.807) is 24.3 Å². The lowest BCUT2D eigenvalue weighted by Gasteiger charge is -2.28. The molecule has 1 aliphatic rings. The maximum absolute atomic E-state index is 15.3. The number of nitrogens with zero attached hydrogens (tertiary/aromatic N) is 2. The number of sulfone groups is 1. The van der Waals surface area contributed by atoms with Gasteiger partial charge in [0.1, 0.15) is 11.3 Å². The van der Waals surface area contributed by atoms with Crippen LogP contribution in [0.2, 0.25) is 0 Å². The summed E-state index contributed by atoms with van der Waals surface area (Å²) in [6, 6.07) is 9.77. The number of aryl methyl sites for hydroxylation is 1. The van der Waals surface area contributed by atoms with Crippen molar-refractivity contribution in [3.63, 3.8) is 0 Å². The van der Waals surface area contributed by atoms with Gasteiger partial charge in [-0.25, -0.2) is 28.1 Å². The Hall–Kier alpha value is -3.35. The van der Waals surface area contributed by atoms with Crippen LogP contribution in [-0.2, 0) is 30.8 Å². The van der Waals surface area contributed by atoms with E-state index in [0.29, 0.717) is 24.3 Å². The topological polar surface area (TPSA) is 126 Å². The van der Waals surface area contributed by atoms with E-state index in [2.05, 4.69) is 10.5 Å². The Morgan fingerprint density at radius 1 is 1.24 bits per heavy atom. The van der Waals surface area contributed by atoms with Gasteiger partial charge in [0, 0.05) is 31.4 Å². The fraction of sp³-hybridized carbons (Fsp3) is 0.423. The van der Waals surface area contributed by atoms with Gasteiger partial charge in [0.15, 0.2) is 26.7 Å². The standard InChI is InChI=1S/C26H30FN3O7S/c1-26(38(3,33)34,25(32)29-37-21-6-4-5-15-36-21)13-14-30-16-28-23-20(24(30)31)12-11-19(22(23)27)17-7-9-18(35-2)10-8-17/h7-12,16,21H,4-6,13-15H2,1-3H3,(H,29,32)/t21?,26-/m1/s1. The van der Waals surface area contributed by atoms with E-state index in [-0.39, 0.29) is 29.4 Å². The van der Waals surface area contributed by atoms with E-state index in [4.69, 9.17) is 14.3 Å². The first-order valence-electron chi connectivity index (χ1n) is 12.1. The van der Waals surface area contributed by atoms with Crippen LogP contribution in [0.25, 0.3) is 22.0 Å². The summed E-state index contributed by atoms with van der Waals surface area (Å²) in [7, 11) is -2.39. The first-order chi connectivity index (χ1) is 18.0. The Kier molecular flexibility index (Phi) is 8.14. The molecule has 2 atom stereocenters. The molecular weight excluding hydrogens is 517 g/mol. The molecule has 12 heteroatoms. The second-order valence-corrected chi connectivity index (χ2v) is 11.8. The van der Waals surface area contributed by atoms with Crippen molar-refractivity contribution in [2.75, 3.05) is 20.0 Å². The minimum Gasteiger partial charge on any atom is -0.497 e. The van der Waals surface area contributed by atoms with Gasteiger partial charge < -0.3 is 9.47 Å². The molecule has 0 aliphatic carbocycles. The van der Waals surface area contributed by atoms with Gasteiger partial charge in [-0.2, -0.15) is 0 Å². The van der Waals surface area contributed by atoms with Crippen molar-refractivity contribution in [1.82, 2.24) is 15.0 Å². The third-order valence-corrected chi connectivity index (χ3v) is 8.91. The Morgan fingerprint density at radius 3 is 2.61 bits per heavy atom. The van der Waals surface area contributed by atoms with Gasteiger partial charge in [0.2, 0.25) is 0 Å². The van der Waals surface area contributed by atoms with Crippen LogP contribution in [0.1, 0.15) is 32.6 Å².